The van der Waals surface area contributed by atoms with Gasteiger partial charge in [0.05, 0.1) is 13.2 Å². The maximum atomic E-state index is 13.0. The monoisotopic (exact) mass is 455 g/mol. The highest BCUT2D eigenvalue weighted by atomic mass is 16.5. The summed E-state index contributed by atoms with van der Waals surface area (Å²) in [6, 6.07) is 8.47. The molecule has 1 saturated heterocycles. The Morgan fingerprint density at radius 2 is 1.91 bits per heavy atom. The van der Waals surface area contributed by atoms with Crippen molar-refractivity contribution in [3.63, 3.8) is 0 Å². The van der Waals surface area contributed by atoms with Crippen molar-refractivity contribution >= 4 is 5.91 Å². The maximum absolute atomic E-state index is 13.0. The van der Waals surface area contributed by atoms with E-state index >= 15 is 0 Å². The number of nitrogens with zero attached hydrogens (tertiary/aromatic N) is 2. The van der Waals surface area contributed by atoms with Gasteiger partial charge < -0.3 is 15.0 Å². The van der Waals surface area contributed by atoms with E-state index in [1.807, 2.05) is 18.2 Å². The van der Waals surface area contributed by atoms with E-state index in [-0.39, 0.29) is 11.9 Å². The lowest BCUT2D eigenvalue weighted by Crippen LogP contribution is -2.48. The highest BCUT2D eigenvalue weighted by Crippen LogP contribution is 2.27. The van der Waals surface area contributed by atoms with E-state index in [0.717, 1.165) is 51.3 Å². The van der Waals surface area contributed by atoms with Crippen LogP contribution in [0.4, 0.5) is 0 Å². The molecular formula is C28H45N3O2. The Morgan fingerprint density at radius 3 is 2.64 bits per heavy atom. The van der Waals surface area contributed by atoms with Gasteiger partial charge in [0.15, 0.2) is 0 Å². The molecule has 1 saturated carbocycles. The van der Waals surface area contributed by atoms with Gasteiger partial charge >= 0.3 is 0 Å². The molecule has 2 aliphatic rings. The van der Waals surface area contributed by atoms with Crippen LogP contribution in [0.15, 0.2) is 36.9 Å². The summed E-state index contributed by atoms with van der Waals surface area (Å²) < 4.78 is 5.72. The van der Waals surface area contributed by atoms with Crippen LogP contribution >= 0.6 is 0 Å². The Bertz CT molecular complexity index is 716. The van der Waals surface area contributed by atoms with E-state index in [0.29, 0.717) is 18.4 Å². The Hall–Kier alpha value is -1.69. The molecule has 1 aliphatic heterocycles. The van der Waals surface area contributed by atoms with Crippen molar-refractivity contribution in [2.24, 2.45) is 11.8 Å². The van der Waals surface area contributed by atoms with Gasteiger partial charge in [0.1, 0.15) is 0 Å². The Kier molecular flexibility index (Phi) is 10.9. The quantitative estimate of drug-likeness (QED) is 0.366. The van der Waals surface area contributed by atoms with E-state index in [9.17, 15) is 4.79 Å². The lowest BCUT2D eigenvalue weighted by atomic mass is 9.83. The Labute approximate surface area is 201 Å². The predicted octanol–water partition coefficient (Wildman–Crippen LogP) is 4.73. The summed E-state index contributed by atoms with van der Waals surface area (Å²) in [7, 11) is 0. The number of hydrogen-bond donors (Lipinski definition) is 1. The zero-order valence-electron chi connectivity index (χ0n) is 20.9. The maximum Gasteiger partial charge on any atom is 0.251 e. The molecule has 1 heterocycles. The molecule has 0 spiro atoms. The molecule has 1 unspecified atom stereocenters. The summed E-state index contributed by atoms with van der Waals surface area (Å²) in [6.07, 6.45) is 9.11. The molecule has 1 N–H and O–H groups in total. The van der Waals surface area contributed by atoms with Gasteiger partial charge in [-0.25, -0.2) is 0 Å². The molecule has 1 aromatic carbocycles. The van der Waals surface area contributed by atoms with Gasteiger partial charge in [0.2, 0.25) is 0 Å². The van der Waals surface area contributed by atoms with Gasteiger partial charge in [0.25, 0.3) is 5.91 Å². The van der Waals surface area contributed by atoms with Gasteiger partial charge in [-0.05, 0) is 74.8 Å². The molecular weight excluding hydrogens is 410 g/mol. The minimum absolute atomic E-state index is 0.0793. The first-order chi connectivity index (χ1) is 16.1. The zero-order valence-corrected chi connectivity index (χ0v) is 20.9. The molecule has 3 rings (SSSR count). The molecule has 0 radical (unpaired) electrons. The molecule has 5 heteroatoms. The molecule has 1 aliphatic carbocycles. The first-order valence-electron chi connectivity index (χ1n) is 13.2. The first-order valence-corrected chi connectivity index (χ1v) is 13.2. The van der Waals surface area contributed by atoms with Crippen molar-refractivity contribution in [2.75, 3.05) is 45.9 Å². The number of nitrogens with one attached hydrogen (secondary N) is 1. The van der Waals surface area contributed by atoms with E-state index in [4.69, 9.17) is 4.74 Å². The van der Waals surface area contributed by atoms with Gasteiger partial charge in [0, 0.05) is 31.2 Å². The minimum atomic E-state index is 0.0793. The van der Waals surface area contributed by atoms with Crippen LogP contribution in [0.5, 0.6) is 0 Å². The fraction of sp³-hybridized carbons (Fsp3) is 0.679. The number of amides is 1. The minimum Gasteiger partial charge on any atom is -0.377 e. The first kappa shape index (κ1) is 25.9. The van der Waals surface area contributed by atoms with Crippen molar-refractivity contribution in [1.29, 1.82) is 0 Å². The second-order valence-corrected chi connectivity index (χ2v) is 9.88. The largest absolute Gasteiger partial charge is 0.377 e. The lowest BCUT2D eigenvalue weighted by Gasteiger charge is -2.39. The third-order valence-corrected chi connectivity index (χ3v) is 7.43. The third-order valence-electron chi connectivity index (χ3n) is 7.43. The summed E-state index contributed by atoms with van der Waals surface area (Å²) >= 11 is 0. The molecule has 1 amide bonds. The molecule has 2 fully saturated rings. The topological polar surface area (TPSA) is 44.8 Å². The Morgan fingerprint density at radius 1 is 1.15 bits per heavy atom. The average Bonchev–Trinajstić information content (AvgIpc) is 2.84. The zero-order chi connectivity index (χ0) is 23.5. The van der Waals surface area contributed by atoms with Crippen LogP contribution in [-0.2, 0) is 11.3 Å². The number of rotatable bonds is 12. The number of benzene rings is 1. The lowest BCUT2D eigenvalue weighted by molar-refractivity contribution is 0.0599. The number of piperidine rings is 1. The second-order valence-electron chi connectivity index (χ2n) is 9.88. The third kappa shape index (κ3) is 8.24. The molecule has 184 valence electrons. The van der Waals surface area contributed by atoms with Crippen LogP contribution < -0.4 is 5.32 Å². The van der Waals surface area contributed by atoms with E-state index in [2.05, 4.69) is 47.7 Å². The van der Waals surface area contributed by atoms with E-state index in [1.165, 1.54) is 44.2 Å². The molecule has 1 aromatic rings. The summed E-state index contributed by atoms with van der Waals surface area (Å²) in [4.78, 5) is 18.0. The van der Waals surface area contributed by atoms with Crippen molar-refractivity contribution in [3.8, 4) is 0 Å². The number of likely N-dealkylation sites (tertiary alicyclic amines) is 1. The summed E-state index contributed by atoms with van der Waals surface area (Å²) in [5, 5.41) is 3.40. The van der Waals surface area contributed by atoms with Crippen molar-refractivity contribution in [1.82, 2.24) is 15.1 Å². The normalized spacial score (nSPS) is 24.0. The summed E-state index contributed by atoms with van der Waals surface area (Å²) in [5.74, 6) is 1.23. The van der Waals surface area contributed by atoms with Crippen LogP contribution in [0.2, 0.25) is 0 Å². The number of ether oxygens (including phenoxy) is 1. The number of hydrogen-bond acceptors (Lipinski definition) is 4. The van der Waals surface area contributed by atoms with Crippen LogP contribution in [0.3, 0.4) is 0 Å². The molecule has 0 aromatic heterocycles. The van der Waals surface area contributed by atoms with Crippen LogP contribution in [0.1, 0.15) is 68.3 Å². The van der Waals surface area contributed by atoms with Gasteiger partial charge in [-0.2, -0.15) is 0 Å². The van der Waals surface area contributed by atoms with Crippen LogP contribution in [0.25, 0.3) is 0 Å². The van der Waals surface area contributed by atoms with Crippen molar-refractivity contribution < 1.29 is 9.53 Å². The standard InChI is InChI=1S/C28H45N3O2/c1-4-18-33-22-24-10-9-17-31(20-24)21-26-11-7-8-12-27(26)29-28(32)25-15-13-23(14-16-25)19-30(5-2)6-3/h4,13-16,24,26-27H,1,5-12,17-22H2,2-3H3,(H,29,32)/t24?,26-,27+/m0/s1. The summed E-state index contributed by atoms with van der Waals surface area (Å²) in [6.45, 7) is 16.0. The predicted molar refractivity (Wildman–Crippen MR) is 136 cm³/mol. The average molecular weight is 456 g/mol. The highest BCUT2D eigenvalue weighted by molar-refractivity contribution is 5.94. The van der Waals surface area contributed by atoms with Crippen LogP contribution in [0, 0.1) is 11.8 Å². The van der Waals surface area contributed by atoms with E-state index in [1.54, 1.807) is 0 Å². The van der Waals surface area contributed by atoms with Crippen LogP contribution in [-0.4, -0.2) is 67.7 Å². The Balaban J connectivity index is 1.52. The fourth-order valence-corrected chi connectivity index (χ4v) is 5.44. The summed E-state index contributed by atoms with van der Waals surface area (Å²) in [5.41, 5.74) is 2.04. The van der Waals surface area contributed by atoms with Crippen molar-refractivity contribution in [2.45, 2.75) is 65.0 Å². The van der Waals surface area contributed by atoms with E-state index < -0.39 is 0 Å². The SMILES string of the molecule is C=CCOCC1CCCN(C[C@@H]2CCCC[C@H]2NC(=O)c2ccc(CN(CC)CC)cc2)C1. The number of carbonyl (C=O) groups excluding carboxylic acids is 1. The molecule has 5 nitrogen and oxygen atoms in total. The second kappa shape index (κ2) is 13.9. The highest BCUT2D eigenvalue weighted by Gasteiger charge is 2.30. The fourth-order valence-electron chi connectivity index (χ4n) is 5.44. The molecule has 3 atom stereocenters. The molecule has 33 heavy (non-hydrogen) atoms. The van der Waals surface area contributed by atoms with Gasteiger partial charge in [-0.1, -0.05) is 44.9 Å². The van der Waals surface area contributed by atoms with Gasteiger partial charge in [-0.15, -0.1) is 6.58 Å². The van der Waals surface area contributed by atoms with Crippen molar-refractivity contribution in [3.05, 3.63) is 48.0 Å². The van der Waals surface area contributed by atoms with Gasteiger partial charge in [-0.3, -0.25) is 9.69 Å². The molecule has 0 bridgehead atoms. The number of carbonyl (C=O) groups is 1. The smallest absolute Gasteiger partial charge is 0.251 e.